The molecule has 0 spiro atoms. The second kappa shape index (κ2) is 6.16. The topological polar surface area (TPSA) is 37.8 Å². The minimum Gasteiger partial charge on any atom is -0.314 e. The van der Waals surface area contributed by atoms with Crippen LogP contribution in [0.4, 0.5) is 0 Å². The van der Waals surface area contributed by atoms with Gasteiger partial charge in [-0.3, -0.25) is 0 Å². The van der Waals surface area contributed by atoms with Crippen molar-refractivity contribution in [3.8, 4) is 0 Å². The third-order valence-corrected chi connectivity index (χ3v) is 5.78. The number of rotatable bonds is 5. The molecule has 0 saturated heterocycles. The smallest absolute Gasteiger partial charge is 0.170 e. The van der Waals surface area contributed by atoms with Gasteiger partial charge in [0.05, 0.1) is 0 Å². The largest absolute Gasteiger partial charge is 0.314 e. The summed E-state index contributed by atoms with van der Waals surface area (Å²) in [4.78, 5) is 4.45. The Hall–Kier alpha value is -0.130. The Balaban J connectivity index is 1.86. The maximum Gasteiger partial charge on any atom is 0.170 e. The van der Waals surface area contributed by atoms with Gasteiger partial charge in [-0.2, -0.15) is 4.37 Å². The zero-order valence-electron chi connectivity index (χ0n) is 10.8. The molecule has 0 aliphatic heterocycles. The molecule has 0 bridgehead atoms. The molecule has 1 N–H and O–H groups in total. The fourth-order valence-electron chi connectivity index (χ4n) is 2.37. The van der Waals surface area contributed by atoms with Gasteiger partial charge in [-0.1, -0.05) is 25.6 Å². The van der Waals surface area contributed by atoms with Gasteiger partial charge in [-0.25, -0.2) is 4.98 Å². The van der Waals surface area contributed by atoms with Crippen molar-refractivity contribution in [1.29, 1.82) is 0 Å². The van der Waals surface area contributed by atoms with Crippen LogP contribution in [0, 0.1) is 12.8 Å². The van der Waals surface area contributed by atoms with Crippen molar-refractivity contribution in [3.05, 3.63) is 5.82 Å². The second-order valence-corrected chi connectivity index (χ2v) is 7.00. The van der Waals surface area contributed by atoms with Crippen molar-refractivity contribution in [2.45, 2.75) is 55.7 Å². The molecule has 1 saturated carbocycles. The molecular formula is C12H21N3S2. The summed E-state index contributed by atoms with van der Waals surface area (Å²) in [6.45, 7) is 7.70. The van der Waals surface area contributed by atoms with E-state index in [1.165, 1.54) is 30.8 Å². The Labute approximate surface area is 112 Å². The van der Waals surface area contributed by atoms with Gasteiger partial charge in [0.1, 0.15) is 5.82 Å². The molecule has 5 heteroatoms. The van der Waals surface area contributed by atoms with E-state index in [9.17, 15) is 0 Å². The van der Waals surface area contributed by atoms with Crippen molar-refractivity contribution < 1.29 is 0 Å². The van der Waals surface area contributed by atoms with Gasteiger partial charge in [0.2, 0.25) is 0 Å². The first-order chi connectivity index (χ1) is 8.20. The number of hydrogen-bond donors (Lipinski definition) is 1. The monoisotopic (exact) mass is 271 g/mol. The standard InChI is InChI=1S/C12H21N3S2/c1-4-7-13-10-5-6-11(8(10)2)16-12-14-9(3)15-17-12/h8,10-11,13H,4-7H2,1-3H3. The minimum absolute atomic E-state index is 0.696. The summed E-state index contributed by atoms with van der Waals surface area (Å²) < 4.78 is 5.38. The van der Waals surface area contributed by atoms with Crippen molar-refractivity contribution in [2.24, 2.45) is 5.92 Å². The number of thioether (sulfide) groups is 1. The molecule has 96 valence electrons. The first-order valence-electron chi connectivity index (χ1n) is 6.41. The molecule has 17 heavy (non-hydrogen) atoms. The Morgan fingerprint density at radius 3 is 2.94 bits per heavy atom. The lowest BCUT2D eigenvalue weighted by Crippen LogP contribution is -2.33. The van der Waals surface area contributed by atoms with Crippen LogP contribution in [0.25, 0.3) is 0 Å². The summed E-state index contributed by atoms with van der Waals surface area (Å²) in [5, 5.41) is 4.36. The first-order valence-corrected chi connectivity index (χ1v) is 8.06. The maximum absolute atomic E-state index is 4.45. The number of nitrogens with zero attached hydrogens (tertiary/aromatic N) is 2. The van der Waals surface area contributed by atoms with Crippen molar-refractivity contribution in [2.75, 3.05) is 6.54 Å². The molecule has 0 amide bonds. The predicted octanol–water partition coefficient (Wildman–Crippen LogP) is 3.11. The summed E-state index contributed by atoms with van der Waals surface area (Å²) in [5.41, 5.74) is 0. The molecule has 3 nitrogen and oxygen atoms in total. The van der Waals surface area contributed by atoms with Gasteiger partial charge in [-0.15, -0.1) is 0 Å². The second-order valence-electron chi connectivity index (χ2n) is 4.76. The van der Waals surface area contributed by atoms with E-state index < -0.39 is 0 Å². The van der Waals surface area contributed by atoms with Crippen LogP contribution in [0.5, 0.6) is 0 Å². The lowest BCUT2D eigenvalue weighted by molar-refractivity contribution is 0.432. The fraction of sp³-hybridized carbons (Fsp3) is 0.833. The van der Waals surface area contributed by atoms with E-state index >= 15 is 0 Å². The fourth-order valence-corrected chi connectivity index (χ4v) is 4.55. The van der Waals surface area contributed by atoms with E-state index in [2.05, 4.69) is 28.5 Å². The van der Waals surface area contributed by atoms with E-state index in [0.717, 1.165) is 22.6 Å². The van der Waals surface area contributed by atoms with E-state index in [0.29, 0.717) is 11.3 Å². The van der Waals surface area contributed by atoms with E-state index in [-0.39, 0.29) is 0 Å². The van der Waals surface area contributed by atoms with E-state index in [4.69, 9.17) is 0 Å². The van der Waals surface area contributed by atoms with Crippen LogP contribution in [0.2, 0.25) is 0 Å². The third-order valence-electron chi connectivity index (χ3n) is 3.40. The molecular weight excluding hydrogens is 250 g/mol. The van der Waals surface area contributed by atoms with Crippen LogP contribution < -0.4 is 5.32 Å². The summed E-state index contributed by atoms with van der Waals surface area (Å²) >= 11 is 3.46. The normalized spacial score (nSPS) is 28.8. The highest BCUT2D eigenvalue weighted by Gasteiger charge is 2.33. The number of hydrogen-bond acceptors (Lipinski definition) is 5. The molecule has 3 unspecified atom stereocenters. The molecule has 0 aromatic carbocycles. The Morgan fingerprint density at radius 1 is 1.47 bits per heavy atom. The van der Waals surface area contributed by atoms with Gasteiger partial charge < -0.3 is 5.32 Å². The molecule has 1 aromatic rings. The Morgan fingerprint density at radius 2 is 2.29 bits per heavy atom. The van der Waals surface area contributed by atoms with E-state index in [1.807, 2.05) is 18.7 Å². The van der Waals surface area contributed by atoms with Gasteiger partial charge in [-0.05, 0) is 50.2 Å². The number of aromatic nitrogens is 2. The highest BCUT2D eigenvalue weighted by molar-refractivity contribution is 8.01. The Kier molecular flexibility index (Phi) is 4.82. The van der Waals surface area contributed by atoms with Crippen molar-refractivity contribution >= 4 is 23.3 Å². The predicted molar refractivity (Wildman–Crippen MR) is 74.8 cm³/mol. The summed E-state index contributed by atoms with van der Waals surface area (Å²) in [6.07, 6.45) is 3.82. The van der Waals surface area contributed by atoms with Gasteiger partial charge in [0.15, 0.2) is 4.34 Å². The molecule has 0 radical (unpaired) electrons. The van der Waals surface area contributed by atoms with Crippen LogP contribution in [0.1, 0.15) is 38.9 Å². The van der Waals surface area contributed by atoms with Crippen LogP contribution in [-0.2, 0) is 0 Å². The Bertz CT molecular complexity index is 353. The number of aryl methyl sites for hydroxylation is 1. The molecule has 1 aromatic heterocycles. The zero-order chi connectivity index (χ0) is 12.3. The summed E-state index contributed by atoms with van der Waals surface area (Å²) in [7, 11) is 0. The van der Waals surface area contributed by atoms with Crippen LogP contribution in [-0.4, -0.2) is 27.2 Å². The van der Waals surface area contributed by atoms with Gasteiger partial charge >= 0.3 is 0 Å². The maximum atomic E-state index is 4.45. The van der Waals surface area contributed by atoms with Gasteiger partial charge in [0, 0.05) is 11.3 Å². The molecule has 3 atom stereocenters. The quantitative estimate of drug-likeness (QED) is 0.893. The average molecular weight is 271 g/mol. The van der Waals surface area contributed by atoms with E-state index in [1.54, 1.807) is 0 Å². The SMILES string of the molecule is CCCNC1CCC(Sc2nc(C)ns2)C1C. The highest BCUT2D eigenvalue weighted by atomic mass is 32.2. The molecule has 1 fully saturated rings. The molecule has 1 heterocycles. The zero-order valence-corrected chi connectivity index (χ0v) is 12.4. The summed E-state index contributed by atoms with van der Waals surface area (Å²) in [6, 6.07) is 0.696. The minimum atomic E-state index is 0.696. The van der Waals surface area contributed by atoms with Crippen LogP contribution in [0.15, 0.2) is 4.34 Å². The number of nitrogens with one attached hydrogen (secondary N) is 1. The molecule has 1 aliphatic rings. The first kappa shape index (κ1) is 13.3. The lowest BCUT2D eigenvalue weighted by atomic mass is 10.1. The molecule has 2 rings (SSSR count). The van der Waals surface area contributed by atoms with Gasteiger partial charge in [0.25, 0.3) is 0 Å². The third kappa shape index (κ3) is 3.42. The van der Waals surface area contributed by atoms with Crippen LogP contribution in [0.3, 0.4) is 0 Å². The lowest BCUT2D eigenvalue weighted by Gasteiger charge is -2.20. The average Bonchev–Trinajstić information content (AvgIpc) is 2.86. The van der Waals surface area contributed by atoms with Crippen molar-refractivity contribution in [3.63, 3.8) is 0 Å². The molecule has 1 aliphatic carbocycles. The summed E-state index contributed by atoms with van der Waals surface area (Å²) in [5.74, 6) is 1.64. The van der Waals surface area contributed by atoms with Crippen molar-refractivity contribution in [1.82, 2.24) is 14.7 Å². The van der Waals surface area contributed by atoms with Crippen LogP contribution >= 0.6 is 23.3 Å². The highest BCUT2D eigenvalue weighted by Crippen LogP contribution is 2.39.